The Balaban J connectivity index is 1.76. The van der Waals surface area contributed by atoms with Crippen molar-refractivity contribution in [1.29, 1.82) is 0 Å². The summed E-state index contributed by atoms with van der Waals surface area (Å²) in [5.41, 5.74) is 4.53. The summed E-state index contributed by atoms with van der Waals surface area (Å²) in [6.45, 7) is 10.4. The smallest absolute Gasteiger partial charge is 0.138 e. The van der Waals surface area contributed by atoms with E-state index in [0.717, 1.165) is 29.4 Å². The van der Waals surface area contributed by atoms with Crippen LogP contribution >= 0.6 is 0 Å². The van der Waals surface area contributed by atoms with E-state index in [1.165, 1.54) is 11.1 Å². The van der Waals surface area contributed by atoms with E-state index in [9.17, 15) is 0 Å². The molecule has 0 aliphatic heterocycles. The second kappa shape index (κ2) is 7.23. The van der Waals surface area contributed by atoms with E-state index >= 15 is 0 Å². The number of benzene rings is 1. The van der Waals surface area contributed by atoms with Crippen molar-refractivity contribution in [3.8, 4) is 5.69 Å². The molecule has 25 heavy (non-hydrogen) atoms. The number of nitrogens with zero attached hydrogens (tertiary/aromatic N) is 3. The Hall–Kier alpha value is -2.40. The molecule has 3 rings (SSSR count). The van der Waals surface area contributed by atoms with E-state index in [0.29, 0.717) is 0 Å². The fourth-order valence-electron chi connectivity index (χ4n) is 3.37. The van der Waals surface area contributed by atoms with Gasteiger partial charge in [0.1, 0.15) is 11.6 Å². The molecule has 0 bridgehead atoms. The Morgan fingerprint density at radius 2 is 1.88 bits per heavy atom. The van der Waals surface area contributed by atoms with E-state index in [-0.39, 0.29) is 12.1 Å². The first-order chi connectivity index (χ1) is 12.0. The molecular weight excluding hydrogens is 312 g/mol. The van der Waals surface area contributed by atoms with Gasteiger partial charge in [-0.25, -0.2) is 4.98 Å². The molecular formula is C20H26N4O. The van der Waals surface area contributed by atoms with Crippen molar-refractivity contribution in [1.82, 2.24) is 20.0 Å². The zero-order valence-corrected chi connectivity index (χ0v) is 15.6. The fraction of sp³-hybridized carbons (Fsp3) is 0.400. The number of hydrogen-bond donors (Lipinski definition) is 1. The molecule has 2 aromatic heterocycles. The molecule has 0 aliphatic rings. The molecule has 132 valence electrons. The molecule has 0 radical (unpaired) electrons. The highest BCUT2D eigenvalue weighted by atomic mass is 16.5. The van der Waals surface area contributed by atoms with Crippen LogP contribution in [-0.2, 0) is 0 Å². The minimum absolute atomic E-state index is 0.233. The van der Waals surface area contributed by atoms with Crippen molar-refractivity contribution >= 4 is 0 Å². The number of hydrogen-bond acceptors (Lipinski definition) is 4. The van der Waals surface area contributed by atoms with Crippen molar-refractivity contribution in [3.05, 3.63) is 65.1 Å². The Labute approximate surface area is 149 Å². The molecule has 0 amide bonds. The number of nitrogens with one attached hydrogen (secondary N) is 1. The molecule has 0 unspecified atom stereocenters. The highest BCUT2D eigenvalue weighted by Crippen LogP contribution is 2.27. The predicted molar refractivity (Wildman–Crippen MR) is 98.9 cm³/mol. The highest BCUT2D eigenvalue weighted by Gasteiger charge is 2.21. The molecule has 0 saturated heterocycles. The molecule has 0 aliphatic carbocycles. The maximum atomic E-state index is 5.33. The van der Waals surface area contributed by atoms with Crippen molar-refractivity contribution < 1.29 is 4.52 Å². The van der Waals surface area contributed by atoms with Crippen molar-refractivity contribution in [3.63, 3.8) is 0 Å². The lowest BCUT2D eigenvalue weighted by Gasteiger charge is -2.23. The minimum atomic E-state index is 0.233. The highest BCUT2D eigenvalue weighted by molar-refractivity contribution is 5.37. The van der Waals surface area contributed by atoms with Gasteiger partial charge in [0.25, 0.3) is 0 Å². The van der Waals surface area contributed by atoms with Crippen LogP contribution in [0.3, 0.4) is 0 Å². The standard InChI is InChI=1S/C20H26N4O/c1-6-19(20-14(3)23-25-15(20)4)22-13(2)17-7-9-18(10-8-17)24-12-11-21-16(24)5/h7-13,19,22H,6H2,1-5H3/t13-,19+/m1/s1. The Bertz CT molecular complexity index is 812. The molecule has 0 spiro atoms. The zero-order chi connectivity index (χ0) is 18.0. The molecule has 1 N–H and O–H groups in total. The summed E-state index contributed by atoms with van der Waals surface area (Å²) < 4.78 is 7.42. The Morgan fingerprint density at radius 3 is 2.40 bits per heavy atom. The third-order valence-electron chi connectivity index (χ3n) is 4.79. The second-order valence-corrected chi connectivity index (χ2v) is 6.52. The summed E-state index contributed by atoms with van der Waals surface area (Å²) in [5, 5.41) is 7.80. The lowest BCUT2D eigenvalue weighted by Crippen LogP contribution is -2.25. The third kappa shape index (κ3) is 3.51. The number of imidazole rings is 1. The van der Waals surface area contributed by atoms with Crippen LogP contribution in [0.5, 0.6) is 0 Å². The third-order valence-corrected chi connectivity index (χ3v) is 4.79. The summed E-state index contributed by atoms with van der Waals surface area (Å²) >= 11 is 0. The first kappa shape index (κ1) is 17.4. The van der Waals surface area contributed by atoms with Gasteiger partial charge < -0.3 is 14.4 Å². The van der Waals surface area contributed by atoms with Crippen LogP contribution in [0, 0.1) is 20.8 Å². The maximum absolute atomic E-state index is 5.33. The summed E-state index contributed by atoms with van der Waals surface area (Å²) in [4.78, 5) is 4.28. The van der Waals surface area contributed by atoms with Gasteiger partial charge in [0.15, 0.2) is 0 Å². The van der Waals surface area contributed by atoms with Gasteiger partial charge in [0.05, 0.1) is 5.69 Å². The van der Waals surface area contributed by atoms with Gasteiger partial charge in [-0.05, 0) is 51.8 Å². The number of aryl methyl sites for hydroxylation is 3. The molecule has 5 nitrogen and oxygen atoms in total. The van der Waals surface area contributed by atoms with Gasteiger partial charge in [-0.2, -0.15) is 0 Å². The fourth-order valence-corrected chi connectivity index (χ4v) is 3.37. The minimum Gasteiger partial charge on any atom is -0.361 e. The predicted octanol–water partition coefficient (Wildman–Crippen LogP) is 4.59. The SMILES string of the molecule is CC[C@H](N[C@H](C)c1ccc(-n2ccnc2C)cc1)c1c(C)noc1C. The van der Waals surface area contributed by atoms with Crippen LogP contribution in [0.2, 0.25) is 0 Å². The van der Waals surface area contributed by atoms with Crippen LogP contribution in [-0.4, -0.2) is 14.7 Å². The molecule has 0 saturated carbocycles. The van der Waals surface area contributed by atoms with E-state index in [1.807, 2.05) is 33.2 Å². The first-order valence-electron chi connectivity index (χ1n) is 8.80. The van der Waals surface area contributed by atoms with E-state index in [2.05, 4.69) is 58.1 Å². The van der Waals surface area contributed by atoms with Crippen molar-refractivity contribution in [2.24, 2.45) is 0 Å². The Kier molecular flexibility index (Phi) is 5.04. The zero-order valence-electron chi connectivity index (χ0n) is 15.6. The topological polar surface area (TPSA) is 55.9 Å². The summed E-state index contributed by atoms with van der Waals surface area (Å²) in [5.74, 6) is 1.89. The molecule has 0 fully saturated rings. The Morgan fingerprint density at radius 1 is 1.16 bits per heavy atom. The number of rotatable bonds is 6. The molecule has 5 heteroatoms. The first-order valence-corrected chi connectivity index (χ1v) is 8.80. The quantitative estimate of drug-likeness (QED) is 0.714. The lowest BCUT2D eigenvalue weighted by molar-refractivity contribution is 0.387. The van der Waals surface area contributed by atoms with Crippen molar-refractivity contribution in [2.45, 2.75) is 53.1 Å². The van der Waals surface area contributed by atoms with Gasteiger partial charge >= 0.3 is 0 Å². The summed E-state index contributed by atoms with van der Waals surface area (Å²) in [6.07, 6.45) is 4.79. The summed E-state index contributed by atoms with van der Waals surface area (Å²) in [7, 11) is 0. The van der Waals surface area contributed by atoms with Crippen LogP contribution in [0.1, 0.15) is 60.8 Å². The van der Waals surface area contributed by atoms with E-state index in [4.69, 9.17) is 4.52 Å². The van der Waals surface area contributed by atoms with Crippen LogP contribution < -0.4 is 5.32 Å². The molecule has 3 aromatic rings. The van der Waals surface area contributed by atoms with Crippen molar-refractivity contribution in [2.75, 3.05) is 0 Å². The summed E-state index contributed by atoms with van der Waals surface area (Å²) in [6, 6.07) is 9.09. The van der Waals surface area contributed by atoms with E-state index < -0.39 is 0 Å². The average molecular weight is 338 g/mol. The van der Waals surface area contributed by atoms with Crippen LogP contribution in [0.15, 0.2) is 41.2 Å². The normalized spacial score (nSPS) is 13.8. The van der Waals surface area contributed by atoms with Gasteiger partial charge in [0.2, 0.25) is 0 Å². The second-order valence-electron chi connectivity index (χ2n) is 6.52. The monoisotopic (exact) mass is 338 g/mol. The van der Waals surface area contributed by atoms with Crippen LogP contribution in [0.25, 0.3) is 5.69 Å². The molecule has 1 aromatic carbocycles. The molecule has 2 heterocycles. The molecule has 2 atom stereocenters. The largest absolute Gasteiger partial charge is 0.361 e. The van der Waals surface area contributed by atoms with E-state index in [1.54, 1.807) is 0 Å². The lowest BCUT2D eigenvalue weighted by atomic mass is 10.00. The van der Waals surface area contributed by atoms with Gasteiger partial charge in [0, 0.05) is 35.7 Å². The van der Waals surface area contributed by atoms with Crippen LogP contribution in [0.4, 0.5) is 0 Å². The maximum Gasteiger partial charge on any atom is 0.138 e. The van der Waals surface area contributed by atoms with Gasteiger partial charge in [-0.3, -0.25) is 0 Å². The number of aromatic nitrogens is 3. The van der Waals surface area contributed by atoms with Gasteiger partial charge in [-0.15, -0.1) is 0 Å². The van der Waals surface area contributed by atoms with Gasteiger partial charge in [-0.1, -0.05) is 24.2 Å². The average Bonchev–Trinajstić information content (AvgIpc) is 3.18.